The van der Waals surface area contributed by atoms with Crippen LogP contribution in [-0.2, 0) is 13.1 Å². The highest BCUT2D eigenvalue weighted by Gasteiger charge is 2.25. The molecular weight excluding hydrogens is 372 g/mol. The maximum atomic E-state index is 9.50. The summed E-state index contributed by atoms with van der Waals surface area (Å²) < 4.78 is 2.35. The average Bonchev–Trinajstić information content (AvgIpc) is 2.99. The number of aromatic nitrogens is 1. The first-order chi connectivity index (χ1) is 12.9. The monoisotopic (exact) mass is 398 g/mol. The van der Waals surface area contributed by atoms with Crippen LogP contribution in [0, 0.1) is 0 Å². The number of rotatable bonds is 5. The van der Waals surface area contributed by atoms with Gasteiger partial charge in [-0.2, -0.15) is 0 Å². The Balaban J connectivity index is 0.00000225. The van der Waals surface area contributed by atoms with Gasteiger partial charge in [0.1, 0.15) is 0 Å². The molecular formula is C23H27ClN2O2. The van der Waals surface area contributed by atoms with Crippen LogP contribution >= 0.6 is 12.4 Å². The van der Waals surface area contributed by atoms with Crippen molar-refractivity contribution in [1.29, 1.82) is 0 Å². The Kier molecular flexibility index (Phi) is 5.69. The molecule has 4 rings (SSSR count). The van der Waals surface area contributed by atoms with E-state index in [0.717, 1.165) is 12.1 Å². The summed E-state index contributed by atoms with van der Waals surface area (Å²) in [6.45, 7) is 7.21. The molecule has 0 bridgehead atoms. The van der Waals surface area contributed by atoms with Crippen LogP contribution in [0.2, 0.25) is 0 Å². The summed E-state index contributed by atoms with van der Waals surface area (Å²) in [5.41, 5.74) is 2.83. The number of hydrogen-bond acceptors (Lipinski definition) is 3. The van der Waals surface area contributed by atoms with Crippen LogP contribution in [0.15, 0.2) is 54.6 Å². The first-order valence-electron chi connectivity index (χ1n) is 9.46. The smallest absolute Gasteiger partial charge is 0.169 e. The summed E-state index contributed by atoms with van der Waals surface area (Å²) in [7, 11) is 0. The van der Waals surface area contributed by atoms with Crippen LogP contribution in [0.4, 0.5) is 0 Å². The van der Waals surface area contributed by atoms with Crippen LogP contribution in [0.25, 0.3) is 32.6 Å². The lowest BCUT2D eigenvalue weighted by atomic mass is 10.0. The van der Waals surface area contributed by atoms with E-state index in [-0.39, 0.29) is 12.4 Å². The number of hydrogen-bond donors (Lipinski definition) is 3. The molecule has 5 heteroatoms. The quantitative estimate of drug-likeness (QED) is 0.432. The van der Waals surface area contributed by atoms with Crippen LogP contribution in [-0.4, -0.2) is 26.6 Å². The highest BCUT2D eigenvalue weighted by molar-refractivity contribution is 6.20. The molecule has 1 heterocycles. The van der Waals surface area contributed by atoms with Gasteiger partial charge in [0, 0.05) is 34.9 Å². The number of fused-ring (bicyclic) bond motifs is 5. The second-order valence-corrected chi connectivity index (χ2v) is 7.73. The molecule has 0 aliphatic heterocycles. The molecule has 4 nitrogen and oxygen atoms in total. The van der Waals surface area contributed by atoms with Gasteiger partial charge in [-0.25, -0.2) is 0 Å². The van der Waals surface area contributed by atoms with Crippen molar-refractivity contribution in [1.82, 2.24) is 9.88 Å². The minimum atomic E-state index is -1.41. The normalized spacial score (nSPS) is 12.2. The highest BCUT2D eigenvalue weighted by Crippen LogP contribution is 2.35. The molecule has 3 N–H and O–H groups in total. The summed E-state index contributed by atoms with van der Waals surface area (Å²) in [6.07, 6.45) is -1.41. The van der Waals surface area contributed by atoms with Gasteiger partial charge in [0.25, 0.3) is 0 Å². The number of nitrogens with zero attached hydrogens (tertiary/aromatic N) is 1. The van der Waals surface area contributed by atoms with Crippen LogP contribution in [0.5, 0.6) is 0 Å². The Morgan fingerprint density at radius 1 is 0.964 bits per heavy atom. The molecule has 0 fully saturated rings. The van der Waals surface area contributed by atoms with E-state index in [0.29, 0.717) is 6.54 Å². The van der Waals surface area contributed by atoms with Gasteiger partial charge in [-0.1, -0.05) is 42.5 Å². The largest absolute Gasteiger partial charge is 0.367 e. The van der Waals surface area contributed by atoms with Gasteiger partial charge in [0.2, 0.25) is 0 Å². The van der Waals surface area contributed by atoms with Crippen molar-refractivity contribution < 1.29 is 10.2 Å². The van der Waals surface area contributed by atoms with E-state index in [9.17, 15) is 10.2 Å². The maximum absolute atomic E-state index is 9.50. The van der Waals surface area contributed by atoms with Gasteiger partial charge in [-0.15, -0.1) is 12.4 Å². The molecule has 0 spiro atoms. The molecule has 0 aliphatic carbocycles. The zero-order chi connectivity index (χ0) is 19.2. The second-order valence-electron chi connectivity index (χ2n) is 7.73. The third-order valence-corrected chi connectivity index (χ3v) is 5.53. The summed E-state index contributed by atoms with van der Waals surface area (Å²) in [5.74, 6) is 0. The van der Waals surface area contributed by atoms with Crippen molar-refractivity contribution in [3.63, 3.8) is 0 Å². The predicted molar refractivity (Wildman–Crippen MR) is 119 cm³/mol. The summed E-state index contributed by atoms with van der Waals surface area (Å²) in [5, 5.41) is 27.3. The minimum absolute atomic E-state index is 0. The van der Waals surface area contributed by atoms with E-state index in [1.54, 1.807) is 13.8 Å². The van der Waals surface area contributed by atoms with Crippen molar-refractivity contribution in [3.8, 4) is 0 Å². The molecule has 4 aromatic rings. The fourth-order valence-corrected chi connectivity index (χ4v) is 3.78. The lowest BCUT2D eigenvalue weighted by Gasteiger charge is -2.28. The highest BCUT2D eigenvalue weighted by atomic mass is 35.5. The number of benzene rings is 3. The molecule has 3 aromatic carbocycles. The molecule has 28 heavy (non-hydrogen) atoms. The maximum Gasteiger partial charge on any atom is 0.169 e. The third-order valence-electron chi connectivity index (χ3n) is 5.53. The van der Waals surface area contributed by atoms with Crippen LogP contribution in [0.1, 0.15) is 26.3 Å². The Morgan fingerprint density at radius 3 is 2.43 bits per heavy atom. The molecule has 0 unspecified atom stereocenters. The number of nitrogens with one attached hydrogen (secondary N) is 1. The Morgan fingerprint density at radius 2 is 1.71 bits per heavy atom. The number of aliphatic hydroxyl groups is 2. The molecule has 0 aliphatic rings. The zero-order valence-electron chi connectivity index (χ0n) is 16.4. The molecule has 1 aromatic heterocycles. The van der Waals surface area contributed by atoms with E-state index in [2.05, 4.69) is 71.4 Å². The lowest BCUT2D eigenvalue weighted by molar-refractivity contribution is -0.0973. The van der Waals surface area contributed by atoms with Gasteiger partial charge in [-0.05, 0) is 49.2 Å². The fourth-order valence-electron chi connectivity index (χ4n) is 3.78. The number of aliphatic hydroxyl groups excluding tert-OH is 1. The lowest BCUT2D eigenvalue weighted by Crippen LogP contribution is -2.49. The second kappa shape index (κ2) is 7.72. The summed E-state index contributed by atoms with van der Waals surface area (Å²) >= 11 is 0. The molecule has 0 radical (unpaired) electrons. The van der Waals surface area contributed by atoms with Crippen molar-refractivity contribution >= 4 is 45.0 Å². The molecule has 0 saturated heterocycles. The molecule has 0 saturated carbocycles. The van der Waals surface area contributed by atoms with Crippen LogP contribution < -0.4 is 5.32 Å². The predicted octanol–water partition coefficient (Wildman–Crippen LogP) is 4.57. The van der Waals surface area contributed by atoms with Crippen LogP contribution in [0.3, 0.4) is 0 Å². The Bertz CT molecular complexity index is 1130. The number of aryl methyl sites for hydroxylation is 1. The standard InChI is InChI=1S/C23H26N2O2.ClH/c1-4-25-19-12-10-16-7-5-6-8-17(16)21(19)18-11-9-15(13-20(18)25)14-24-23(2,3)22(26)27;/h5-13,22,24,26-27H,4,14H2,1-3H3;1H. The van der Waals surface area contributed by atoms with E-state index in [1.165, 1.54) is 32.6 Å². The first-order valence-corrected chi connectivity index (χ1v) is 9.46. The van der Waals surface area contributed by atoms with Gasteiger partial charge in [0.05, 0.1) is 5.54 Å². The third kappa shape index (κ3) is 3.38. The van der Waals surface area contributed by atoms with E-state index >= 15 is 0 Å². The van der Waals surface area contributed by atoms with Crippen molar-refractivity contribution in [3.05, 3.63) is 60.2 Å². The Labute approximate surface area is 171 Å². The summed E-state index contributed by atoms with van der Waals surface area (Å²) in [6, 6.07) is 19.4. The molecule has 0 atom stereocenters. The zero-order valence-corrected chi connectivity index (χ0v) is 17.3. The van der Waals surface area contributed by atoms with Gasteiger partial charge in [-0.3, -0.25) is 0 Å². The van der Waals surface area contributed by atoms with Crippen molar-refractivity contribution in [2.45, 2.75) is 45.7 Å². The SMILES string of the molecule is CCn1c2cc(CNC(C)(C)C(O)O)ccc2c2c3ccccc3ccc21.Cl. The number of halogens is 1. The molecule has 148 valence electrons. The van der Waals surface area contributed by atoms with E-state index in [1.807, 2.05) is 0 Å². The van der Waals surface area contributed by atoms with Gasteiger partial charge >= 0.3 is 0 Å². The molecule has 0 amide bonds. The van der Waals surface area contributed by atoms with Gasteiger partial charge in [0.15, 0.2) is 6.29 Å². The average molecular weight is 399 g/mol. The van der Waals surface area contributed by atoms with Crippen molar-refractivity contribution in [2.24, 2.45) is 0 Å². The Hall–Kier alpha value is -2.11. The first kappa shape index (κ1) is 20.6. The summed E-state index contributed by atoms with van der Waals surface area (Å²) in [4.78, 5) is 0. The van der Waals surface area contributed by atoms with E-state index in [4.69, 9.17) is 0 Å². The van der Waals surface area contributed by atoms with Crippen molar-refractivity contribution in [2.75, 3.05) is 0 Å². The topological polar surface area (TPSA) is 57.4 Å². The fraction of sp³-hybridized carbons (Fsp3) is 0.304. The van der Waals surface area contributed by atoms with Gasteiger partial charge < -0.3 is 20.1 Å². The van der Waals surface area contributed by atoms with E-state index < -0.39 is 11.8 Å². The minimum Gasteiger partial charge on any atom is -0.367 e.